The minimum atomic E-state index is 0.631. The van der Waals surface area contributed by atoms with Gasteiger partial charge in [-0.25, -0.2) is 4.98 Å². The lowest BCUT2D eigenvalue weighted by Crippen LogP contribution is -2.10. The standard InChI is InChI=1S/C55H36N2O/c1-5-15-37(16-6-1)43-33-44(38-17-7-2-8-18-38)36-47(35-43)57(45-22-11-4-12-23-45)46-24-13-21-42(34-46)48-25-14-26-50-49(48)31-29-39-27-28-40-30-32-51-54(53(40)52(39)50)58-55(56-51)41-19-9-3-10-20-41/h1-36H. The van der Waals surface area contributed by atoms with Gasteiger partial charge in [-0.05, 0) is 116 Å². The Bertz CT molecular complexity index is 3210. The van der Waals surface area contributed by atoms with Crippen LogP contribution in [0.2, 0.25) is 0 Å². The fourth-order valence-electron chi connectivity index (χ4n) is 8.50. The SMILES string of the molecule is c1ccc(-c2cc(-c3ccccc3)cc(N(c3ccccc3)c3cccc(-c4cccc5c4ccc4ccc6ccc7nc(-c8ccccc8)oc7c6c45)c3)c2)cc1. The molecule has 1 aromatic heterocycles. The number of fused-ring (bicyclic) bond motifs is 7. The maximum Gasteiger partial charge on any atom is 0.227 e. The summed E-state index contributed by atoms with van der Waals surface area (Å²) in [6.45, 7) is 0. The largest absolute Gasteiger partial charge is 0.435 e. The maximum atomic E-state index is 6.62. The number of anilines is 3. The van der Waals surface area contributed by atoms with E-state index in [0.29, 0.717) is 5.89 Å². The van der Waals surface area contributed by atoms with Gasteiger partial charge in [0.25, 0.3) is 0 Å². The number of para-hydroxylation sites is 1. The van der Waals surface area contributed by atoms with Gasteiger partial charge in [0.1, 0.15) is 5.52 Å². The molecule has 11 aromatic rings. The van der Waals surface area contributed by atoms with Crippen LogP contribution in [0.15, 0.2) is 223 Å². The third-order valence-electron chi connectivity index (χ3n) is 11.2. The lowest BCUT2D eigenvalue weighted by molar-refractivity contribution is 0.623. The highest BCUT2D eigenvalue weighted by Gasteiger charge is 2.19. The molecule has 0 radical (unpaired) electrons. The van der Waals surface area contributed by atoms with Crippen molar-refractivity contribution >= 4 is 60.5 Å². The quantitative estimate of drug-likeness (QED) is 0.152. The van der Waals surface area contributed by atoms with Crippen molar-refractivity contribution < 1.29 is 4.42 Å². The molecule has 0 unspecified atom stereocenters. The molecule has 0 atom stereocenters. The molecule has 0 amide bonds. The first-order valence-electron chi connectivity index (χ1n) is 19.7. The Morgan fingerprint density at radius 1 is 0.345 bits per heavy atom. The topological polar surface area (TPSA) is 29.3 Å². The molecule has 0 aliphatic carbocycles. The van der Waals surface area contributed by atoms with E-state index >= 15 is 0 Å². The molecule has 11 rings (SSSR count). The van der Waals surface area contributed by atoms with Gasteiger partial charge in [0.15, 0.2) is 5.58 Å². The predicted molar refractivity (Wildman–Crippen MR) is 243 cm³/mol. The van der Waals surface area contributed by atoms with Crippen LogP contribution in [0.3, 0.4) is 0 Å². The zero-order valence-corrected chi connectivity index (χ0v) is 31.6. The van der Waals surface area contributed by atoms with Crippen LogP contribution in [0.25, 0.3) is 88.3 Å². The third-order valence-corrected chi connectivity index (χ3v) is 11.2. The number of hydrogen-bond donors (Lipinski definition) is 0. The van der Waals surface area contributed by atoms with Crippen LogP contribution >= 0.6 is 0 Å². The van der Waals surface area contributed by atoms with Crippen LogP contribution in [0.5, 0.6) is 0 Å². The normalized spacial score (nSPS) is 11.4. The Morgan fingerprint density at radius 3 is 1.57 bits per heavy atom. The fourth-order valence-corrected chi connectivity index (χ4v) is 8.50. The van der Waals surface area contributed by atoms with Crippen molar-refractivity contribution in [1.82, 2.24) is 4.98 Å². The summed E-state index contributed by atoms with van der Waals surface area (Å²) >= 11 is 0. The smallest absolute Gasteiger partial charge is 0.227 e. The average molecular weight is 741 g/mol. The molecule has 0 fully saturated rings. The molecule has 58 heavy (non-hydrogen) atoms. The molecule has 272 valence electrons. The minimum absolute atomic E-state index is 0.631. The number of aromatic nitrogens is 1. The summed E-state index contributed by atoms with van der Waals surface area (Å²) in [4.78, 5) is 7.31. The first-order valence-corrected chi connectivity index (χ1v) is 19.7. The Morgan fingerprint density at radius 2 is 0.879 bits per heavy atom. The van der Waals surface area contributed by atoms with Crippen LogP contribution in [0.4, 0.5) is 17.1 Å². The Hall–Kier alpha value is -7.75. The molecule has 10 aromatic carbocycles. The Balaban J connectivity index is 1.10. The first-order chi connectivity index (χ1) is 28.7. The number of rotatable bonds is 7. The second-order valence-corrected chi connectivity index (χ2v) is 14.7. The summed E-state index contributed by atoms with van der Waals surface area (Å²) in [5.74, 6) is 0.631. The molecule has 1 heterocycles. The van der Waals surface area contributed by atoms with Gasteiger partial charge in [-0.15, -0.1) is 0 Å². The van der Waals surface area contributed by atoms with Gasteiger partial charge in [0, 0.05) is 33.4 Å². The van der Waals surface area contributed by atoms with Crippen molar-refractivity contribution in [2.45, 2.75) is 0 Å². The van der Waals surface area contributed by atoms with Gasteiger partial charge in [-0.1, -0.05) is 158 Å². The molecule has 0 N–H and O–H groups in total. The van der Waals surface area contributed by atoms with Gasteiger partial charge in [0.2, 0.25) is 5.89 Å². The highest BCUT2D eigenvalue weighted by molar-refractivity contribution is 6.27. The number of benzene rings is 10. The van der Waals surface area contributed by atoms with E-state index in [-0.39, 0.29) is 0 Å². The second-order valence-electron chi connectivity index (χ2n) is 14.7. The zero-order chi connectivity index (χ0) is 38.4. The summed E-state index contributed by atoms with van der Waals surface area (Å²) in [6, 6.07) is 77.8. The van der Waals surface area contributed by atoms with Crippen LogP contribution in [-0.4, -0.2) is 4.98 Å². The van der Waals surface area contributed by atoms with Crippen molar-refractivity contribution in [3.05, 3.63) is 218 Å². The lowest BCUT2D eigenvalue weighted by atomic mass is 9.91. The second kappa shape index (κ2) is 14.1. The molecular weight excluding hydrogens is 705 g/mol. The van der Waals surface area contributed by atoms with E-state index in [1.165, 1.54) is 49.4 Å². The van der Waals surface area contributed by atoms with Gasteiger partial charge >= 0.3 is 0 Å². The maximum absolute atomic E-state index is 6.62. The van der Waals surface area contributed by atoms with Crippen LogP contribution in [-0.2, 0) is 0 Å². The average Bonchev–Trinajstić information content (AvgIpc) is 3.75. The highest BCUT2D eigenvalue weighted by atomic mass is 16.3. The van der Waals surface area contributed by atoms with E-state index in [1.807, 2.05) is 30.3 Å². The van der Waals surface area contributed by atoms with Crippen LogP contribution in [0, 0.1) is 0 Å². The van der Waals surface area contributed by atoms with Crippen molar-refractivity contribution in [3.63, 3.8) is 0 Å². The van der Waals surface area contributed by atoms with E-state index < -0.39 is 0 Å². The Kier molecular flexibility index (Phi) is 8.15. The van der Waals surface area contributed by atoms with Gasteiger partial charge in [0.05, 0.1) is 0 Å². The van der Waals surface area contributed by atoms with Crippen LogP contribution in [0.1, 0.15) is 0 Å². The molecule has 0 saturated carbocycles. The van der Waals surface area contributed by atoms with E-state index in [1.54, 1.807) is 0 Å². The molecule has 0 aliphatic heterocycles. The molecular formula is C55H36N2O. The molecule has 0 spiro atoms. The monoisotopic (exact) mass is 740 g/mol. The van der Waals surface area contributed by atoms with E-state index in [9.17, 15) is 0 Å². The molecule has 3 heteroatoms. The minimum Gasteiger partial charge on any atom is -0.435 e. The molecule has 0 bridgehead atoms. The summed E-state index contributed by atoms with van der Waals surface area (Å²) in [6.07, 6.45) is 0. The van der Waals surface area contributed by atoms with E-state index in [0.717, 1.165) is 50.1 Å². The Labute approximate surface area is 336 Å². The first kappa shape index (κ1) is 33.6. The van der Waals surface area contributed by atoms with E-state index in [4.69, 9.17) is 9.40 Å². The fraction of sp³-hybridized carbons (Fsp3) is 0. The summed E-state index contributed by atoms with van der Waals surface area (Å²) in [5, 5.41) is 6.92. The summed E-state index contributed by atoms with van der Waals surface area (Å²) in [5.41, 5.74) is 12.9. The van der Waals surface area contributed by atoms with E-state index in [2.05, 4.69) is 193 Å². The molecule has 0 saturated heterocycles. The molecule has 3 nitrogen and oxygen atoms in total. The third kappa shape index (κ3) is 5.89. The van der Waals surface area contributed by atoms with Gasteiger partial charge in [-0.3, -0.25) is 0 Å². The van der Waals surface area contributed by atoms with Gasteiger partial charge in [-0.2, -0.15) is 0 Å². The number of hydrogen-bond acceptors (Lipinski definition) is 3. The van der Waals surface area contributed by atoms with Gasteiger partial charge < -0.3 is 9.32 Å². The van der Waals surface area contributed by atoms with Crippen molar-refractivity contribution in [3.8, 4) is 44.8 Å². The van der Waals surface area contributed by atoms with Crippen molar-refractivity contribution in [2.24, 2.45) is 0 Å². The van der Waals surface area contributed by atoms with Crippen LogP contribution < -0.4 is 4.90 Å². The number of nitrogens with zero attached hydrogens (tertiary/aromatic N) is 2. The molecule has 0 aliphatic rings. The predicted octanol–water partition coefficient (Wildman–Crippen LogP) is 15.4. The van der Waals surface area contributed by atoms with Crippen molar-refractivity contribution in [2.75, 3.05) is 4.90 Å². The number of oxazole rings is 1. The highest BCUT2D eigenvalue weighted by Crippen LogP contribution is 2.43. The summed E-state index contributed by atoms with van der Waals surface area (Å²) < 4.78 is 6.62. The zero-order valence-electron chi connectivity index (χ0n) is 31.6. The lowest BCUT2D eigenvalue weighted by Gasteiger charge is -2.27. The summed E-state index contributed by atoms with van der Waals surface area (Å²) in [7, 11) is 0. The van der Waals surface area contributed by atoms with Crippen molar-refractivity contribution in [1.29, 1.82) is 0 Å².